The third kappa shape index (κ3) is 5.35. The summed E-state index contributed by atoms with van der Waals surface area (Å²) in [6.07, 6.45) is 4.39. The van der Waals surface area contributed by atoms with Crippen molar-refractivity contribution < 1.29 is 18.9 Å². The lowest BCUT2D eigenvalue weighted by Gasteiger charge is -2.35. The van der Waals surface area contributed by atoms with Gasteiger partial charge in [0, 0.05) is 54.0 Å². The molecule has 9 heteroatoms. The summed E-state index contributed by atoms with van der Waals surface area (Å²) in [5.74, 6) is -0.671. The molecular weight excluding hydrogens is 445 g/mol. The van der Waals surface area contributed by atoms with Crippen LogP contribution in [0, 0.1) is 21.8 Å². The van der Waals surface area contributed by atoms with E-state index in [1.165, 1.54) is 24.3 Å². The van der Waals surface area contributed by atoms with E-state index in [2.05, 4.69) is 0 Å². The average Bonchev–Trinajstić information content (AvgIpc) is 2.85. The second-order valence-electron chi connectivity index (χ2n) is 8.42. The number of non-ortho nitro benzene ring substituents is 1. The lowest BCUT2D eigenvalue weighted by molar-refractivity contribution is -0.384. The smallest absolute Gasteiger partial charge is 0.270 e. The summed E-state index contributed by atoms with van der Waals surface area (Å²) < 4.78 is 14.2. The molecule has 0 unspecified atom stereocenters. The summed E-state index contributed by atoms with van der Waals surface area (Å²) in [5.41, 5.74) is -0.00958. The summed E-state index contributed by atoms with van der Waals surface area (Å²) in [7, 11) is 0. The normalized spacial score (nSPS) is 17.1. The first-order valence-electron chi connectivity index (χ1n) is 11.2. The number of carbonyl (C=O) groups excluding carboxylic acids is 2. The summed E-state index contributed by atoms with van der Waals surface area (Å²) in [6.45, 7) is 2.44. The molecule has 2 aliphatic heterocycles. The molecule has 0 bridgehead atoms. The van der Waals surface area contributed by atoms with Crippen molar-refractivity contribution in [1.82, 2.24) is 9.80 Å². The summed E-state index contributed by atoms with van der Waals surface area (Å²) in [4.78, 5) is 41.3. The van der Waals surface area contributed by atoms with E-state index in [1.54, 1.807) is 23.1 Å². The van der Waals surface area contributed by atoms with Gasteiger partial charge in [-0.2, -0.15) is 0 Å². The molecule has 0 aromatic heterocycles. The quantitative estimate of drug-likeness (QED) is 0.464. The zero-order valence-electron chi connectivity index (χ0n) is 18.2. The van der Waals surface area contributed by atoms with Crippen molar-refractivity contribution in [1.29, 1.82) is 0 Å². The van der Waals surface area contributed by atoms with Crippen LogP contribution in [0.3, 0.4) is 0 Å². The van der Waals surface area contributed by atoms with Crippen LogP contribution in [0.5, 0.6) is 0 Å². The zero-order valence-corrected chi connectivity index (χ0v) is 19.1. The zero-order chi connectivity index (χ0) is 23.4. The minimum absolute atomic E-state index is 0.0930. The number of hydrogen-bond donors (Lipinski definition) is 0. The van der Waals surface area contributed by atoms with Gasteiger partial charge in [0.2, 0.25) is 5.91 Å². The highest BCUT2D eigenvalue weighted by atomic mass is 32.2. The number of halogens is 1. The fourth-order valence-corrected chi connectivity index (χ4v) is 5.35. The number of rotatable bonds is 5. The fraction of sp³-hybridized carbons (Fsp3) is 0.417. The average molecular weight is 472 g/mol. The van der Waals surface area contributed by atoms with Gasteiger partial charge in [0.15, 0.2) is 0 Å². The number of piperidine rings is 2. The number of nitro benzene ring substituents is 1. The van der Waals surface area contributed by atoms with Crippen LogP contribution < -0.4 is 0 Å². The maximum absolute atomic E-state index is 14.2. The first-order valence-corrected chi connectivity index (χ1v) is 12.0. The predicted octanol–water partition coefficient (Wildman–Crippen LogP) is 4.75. The van der Waals surface area contributed by atoms with Crippen molar-refractivity contribution in [3.63, 3.8) is 0 Å². The Bertz CT molecular complexity index is 1050. The molecule has 0 N–H and O–H groups in total. The van der Waals surface area contributed by atoms with Crippen LogP contribution >= 0.6 is 11.8 Å². The second kappa shape index (κ2) is 10.3. The predicted molar refractivity (Wildman–Crippen MR) is 123 cm³/mol. The number of nitrogens with zero attached hydrogens (tertiary/aromatic N) is 3. The van der Waals surface area contributed by atoms with Crippen LogP contribution in [0.15, 0.2) is 52.3 Å². The molecule has 2 heterocycles. The first-order chi connectivity index (χ1) is 15.9. The van der Waals surface area contributed by atoms with Crippen LogP contribution in [-0.4, -0.2) is 52.7 Å². The summed E-state index contributed by atoms with van der Waals surface area (Å²) in [5, 5.41) is 11.3. The monoisotopic (exact) mass is 471 g/mol. The van der Waals surface area contributed by atoms with E-state index in [1.807, 2.05) is 4.90 Å². The Morgan fingerprint density at radius 2 is 1.64 bits per heavy atom. The number of nitro groups is 1. The van der Waals surface area contributed by atoms with Crippen molar-refractivity contribution in [3.05, 3.63) is 64.0 Å². The van der Waals surface area contributed by atoms with Crippen LogP contribution in [0.2, 0.25) is 0 Å². The Morgan fingerprint density at radius 3 is 2.30 bits per heavy atom. The molecule has 174 valence electrons. The topological polar surface area (TPSA) is 83.8 Å². The SMILES string of the molecule is O=C(c1cc([N+](=O)[O-])ccc1Sc1ccccc1F)N1CCC(C(=O)N2CCCCC2)CC1. The Hall–Kier alpha value is -2.94. The Kier molecular flexibility index (Phi) is 7.27. The van der Waals surface area contributed by atoms with Gasteiger partial charge in [0.1, 0.15) is 5.82 Å². The second-order valence-corrected chi connectivity index (χ2v) is 9.51. The van der Waals surface area contributed by atoms with E-state index in [0.29, 0.717) is 35.7 Å². The van der Waals surface area contributed by atoms with Crippen LogP contribution in [0.25, 0.3) is 0 Å². The maximum Gasteiger partial charge on any atom is 0.270 e. The lowest BCUT2D eigenvalue weighted by atomic mass is 9.94. The summed E-state index contributed by atoms with van der Waals surface area (Å²) in [6, 6.07) is 10.3. The molecule has 0 saturated carbocycles. The standard InChI is InChI=1S/C24H26FN3O4S/c25-20-6-2-3-7-22(20)33-21-9-8-18(28(31)32)16-19(21)24(30)27-14-10-17(11-15-27)23(29)26-12-4-1-5-13-26/h2-3,6-9,16-17H,1,4-5,10-15H2. The van der Waals surface area contributed by atoms with Gasteiger partial charge in [0.05, 0.1) is 10.5 Å². The lowest BCUT2D eigenvalue weighted by Crippen LogP contribution is -2.45. The van der Waals surface area contributed by atoms with Gasteiger partial charge in [0.25, 0.3) is 11.6 Å². The van der Waals surface area contributed by atoms with Crippen molar-refractivity contribution in [2.24, 2.45) is 5.92 Å². The van der Waals surface area contributed by atoms with E-state index >= 15 is 0 Å². The first kappa shape index (κ1) is 23.2. The number of carbonyl (C=O) groups is 2. The molecule has 2 amide bonds. The fourth-order valence-electron chi connectivity index (χ4n) is 4.41. The van der Waals surface area contributed by atoms with Crippen molar-refractivity contribution in [2.45, 2.75) is 41.9 Å². The van der Waals surface area contributed by atoms with Crippen molar-refractivity contribution in [2.75, 3.05) is 26.2 Å². The highest BCUT2D eigenvalue weighted by Gasteiger charge is 2.32. The van der Waals surface area contributed by atoms with Gasteiger partial charge >= 0.3 is 0 Å². The van der Waals surface area contributed by atoms with E-state index in [-0.39, 0.29) is 29.0 Å². The highest BCUT2D eigenvalue weighted by Crippen LogP contribution is 2.35. The Balaban J connectivity index is 1.50. The largest absolute Gasteiger partial charge is 0.342 e. The van der Waals surface area contributed by atoms with Crippen molar-refractivity contribution in [3.8, 4) is 0 Å². The molecule has 2 saturated heterocycles. The van der Waals surface area contributed by atoms with Crippen LogP contribution in [0.4, 0.5) is 10.1 Å². The van der Waals surface area contributed by atoms with Gasteiger partial charge in [-0.25, -0.2) is 4.39 Å². The van der Waals surface area contributed by atoms with Crippen LogP contribution in [0.1, 0.15) is 42.5 Å². The molecule has 4 rings (SSSR count). The molecule has 2 aromatic rings. The third-order valence-corrected chi connectivity index (χ3v) is 7.39. The minimum atomic E-state index is -0.544. The molecule has 0 aliphatic carbocycles. The van der Waals surface area contributed by atoms with Crippen LogP contribution in [-0.2, 0) is 4.79 Å². The van der Waals surface area contributed by atoms with E-state index in [9.17, 15) is 24.1 Å². The molecule has 0 radical (unpaired) electrons. The van der Waals surface area contributed by atoms with Gasteiger partial charge in [-0.05, 0) is 50.3 Å². The van der Waals surface area contributed by atoms with Crippen molar-refractivity contribution >= 4 is 29.3 Å². The summed E-state index contributed by atoms with van der Waals surface area (Å²) >= 11 is 1.07. The molecular formula is C24H26FN3O4S. The number of amides is 2. The molecule has 2 fully saturated rings. The minimum Gasteiger partial charge on any atom is -0.342 e. The van der Waals surface area contributed by atoms with E-state index in [0.717, 1.165) is 44.1 Å². The molecule has 7 nitrogen and oxygen atoms in total. The van der Waals surface area contributed by atoms with Gasteiger partial charge in [-0.1, -0.05) is 23.9 Å². The number of hydrogen-bond acceptors (Lipinski definition) is 5. The maximum atomic E-state index is 14.2. The Morgan fingerprint density at radius 1 is 0.939 bits per heavy atom. The van der Waals surface area contributed by atoms with E-state index in [4.69, 9.17) is 0 Å². The molecule has 0 atom stereocenters. The van der Waals surface area contributed by atoms with E-state index < -0.39 is 10.7 Å². The van der Waals surface area contributed by atoms with Gasteiger partial charge in [-0.15, -0.1) is 0 Å². The third-order valence-electron chi connectivity index (χ3n) is 6.26. The molecule has 0 spiro atoms. The molecule has 2 aromatic carbocycles. The highest BCUT2D eigenvalue weighted by molar-refractivity contribution is 7.99. The number of likely N-dealkylation sites (tertiary alicyclic amines) is 2. The van der Waals surface area contributed by atoms with Gasteiger partial charge < -0.3 is 9.80 Å². The number of benzene rings is 2. The van der Waals surface area contributed by atoms with Gasteiger partial charge in [-0.3, -0.25) is 19.7 Å². The molecule has 2 aliphatic rings. The Labute approximate surface area is 196 Å². The molecule has 33 heavy (non-hydrogen) atoms.